The molecule has 1 aromatic carbocycles. The average molecular weight is 275 g/mol. The Labute approximate surface area is 102 Å². The summed E-state index contributed by atoms with van der Waals surface area (Å²) in [5.41, 5.74) is 1.06. The summed E-state index contributed by atoms with van der Waals surface area (Å²) in [6.45, 7) is 2.66. The number of ether oxygens (including phenoxy) is 1. The van der Waals surface area contributed by atoms with Crippen LogP contribution in [0.25, 0.3) is 10.2 Å². The van der Waals surface area contributed by atoms with Gasteiger partial charge in [-0.2, -0.15) is 0 Å². The minimum absolute atomic E-state index is 0. The third-order valence-corrected chi connectivity index (χ3v) is 2.97. The molecule has 0 bridgehead atoms. The van der Waals surface area contributed by atoms with E-state index in [1.807, 2.05) is 25.1 Å². The van der Waals surface area contributed by atoms with Gasteiger partial charge in [-0.25, -0.2) is 0 Å². The van der Waals surface area contributed by atoms with Crippen molar-refractivity contribution in [2.45, 2.75) is 6.92 Å². The molecule has 14 heavy (non-hydrogen) atoms. The van der Waals surface area contributed by atoms with Crippen LogP contribution in [-0.2, 0) is 17.1 Å². The molecule has 5 heteroatoms. The van der Waals surface area contributed by atoms with Crippen molar-refractivity contribution in [3.8, 4) is 5.75 Å². The third kappa shape index (κ3) is 2.17. The molecular formula is C9H9CuNOS2. The molecule has 1 heterocycles. The number of hydrogen-bond acceptors (Lipinski definition) is 3. The summed E-state index contributed by atoms with van der Waals surface area (Å²) >= 11 is 6.62. The minimum atomic E-state index is 0. The van der Waals surface area contributed by atoms with Gasteiger partial charge in [0, 0.05) is 17.1 Å². The molecule has 1 N–H and O–H groups in total. The van der Waals surface area contributed by atoms with Crippen molar-refractivity contribution in [2.24, 2.45) is 0 Å². The van der Waals surface area contributed by atoms with E-state index in [9.17, 15) is 0 Å². The van der Waals surface area contributed by atoms with Crippen molar-refractivity contribution in [1.29, 1.82) is 0 Å². The molecule has 0 aliphatic rings. The van der Waals surface area contributed by atoms with Gasteiger partial charge in [-0.15, -0.1) is 11.3 Å². The summed E-state index contributed by atoms with van der Waals surface area (Å²) in [5, 5.41) is 0. The average Bonchev–Trinajstić information content (AvgIpc) is 2.47. The fraction of sp³-hybridized carbons (Fsp3) is 0.222. The van der Waals surface area contributed by atoms with E-state index in [0.717, 1.165) is 19.9 Å². The standard InChI is InChI=1S/C9H9NOS2.Cu/c1-2-11-7-5-3-4-6-8(7)13-9(12)10-6;/h3-5H,2H2,1H3,(H,10,12);. The van der Waals surface area contributed by atoms with Crippen LogP contribution in [0.5, 0.6) is 5.75 Å². The summed E-state index contributed by atoms with van der Waals surface area (Å²) in [6.07, 6.45) is 0. The van der Waals surface area contributed by atoms with Gasteiger partial charge >= 0.3 is 0 Å². The Hall–Kier alpha value is -0.351. The van der Waals surface area contributed by atoms with Crippen LogP contribution >= 0.6 is 23.6 Å². The van der Waals surface area contributed by atoms with Crippen LogP contribution in [0.4, 0.5) is 0 Å². The molecule has 0 saturated heterocycles. The monoisotopic (exact) mass is 274 g/mol. The van der Waals surface area contributed by atoms with Crippen LogP contribution in [-0.4, -0.2) is 11.6 Å². The van der Waals surface area contributed by atoms with E-state index in [1.54, 1.807) is 11.3 Å². The molecule has 0 saturated carbocycles. The van der Waals surface area contributed by atoms with Crippen molar-refractivity contribution in [3.63, 3.8) is 0 Å². The topological polar surface area (TPSA) is 25.0 Å². The van der Waals surface area contributed by atoms with E-state index in [4.69, 9.17) is 17.0 Å². The van der Waals surface area contributed by atoms with Gasteiger partial charge in [-0.3, -0.25) is 0 Å². The quantitative estimate of drug-likeness (QED) is 0.671. The maximum absolute atomic E-state index is 5.48. The van der Waals surface area contributed by atoms with Gasteiger partial charge in [0.15, 0.2) is 3.95 Å². The van der Waals surface area contributed by atoms with Crippen molar-refractivity contribution in [1.82, 2.24) is 4.98 Å². The third-order valence-electron chi connectivity index (χ3n) is 1.71. The van der Waals surface area contributed by atoms with Crippen molar-refractivity contribution in [3.05, 3.63) is 22.2 Å². The molecule has 0 fully saturated rings. The number of rotatable bonds is 2. The van der Waals surface area contributed by atoms with Crippen molar-refractivity contribution >= 4 is 33.8 Å². The van der Waals surface area contributed by atoms with Crippen LogP contribution in [0.3, 0.4) is 0 Å². The predicted molar refractivity (Wildman–Crippen MR) is 58.2 cm³/mol. The summed E-state index contributed by atoms with van der Waals surface area (Å²) in [7, 11) is 0. The second kappa shape index (κ2) is 4.94. The molecule has 1 radical (unpaired) electrons. The van der Waals surface area contributed by atoms with Crippen LogP contribution in [0, 0.1) is 3.95 Å². The zero-order valence-electron chi connectivity index (χ0n) is 7.47. The number of hydrogen-bond donors (Lipinski definition) is 1. The van der Waals surface area contributed by atoms with Crippen molar-refractivity contribution in [2.75, 3.05) is 6.61 Å². The van der Waals surface area contributed by atoms with E-state index < -0.39 is 0 Å². The van der Waals surface area contributed by atoms with Gasteiger partial charge < -0.3 is 9.72 Å². The van der Waals surface area contributed by atoms with Gasteiger partial charge in [0.25, 0.3) is 0 Å². The summed E-state index contributed by atoms with van der Waals surface area (Å²) in [5.74, 6) is 0.914. The molecular weight excluding hydrogens is 266 g/mol. The second-order valence-corrected chi connectivity index (χ2v) is 4.27. The number of aromatic amines is 1. The Morgan fingerprint density at radius 2 is 2.29 bits per heavy atom. The number of H-pyrrole nitrogens is 1. The smallest absolute Gasteiger partial charge is 0.159 e. The Bertz CT molecular complexity index is 477. The molecule has 0 unspecified atom stereocenters. The molecule has 0 spiro atoms. The zero-order chi connectivity index (χ0) is 9.26. The first-order valence-corrected chi connectivity index (χ1v) is 5.28. The Morgan fingerprint density at radius 1 is 1.50 bits per heavy atom. The van der Waals surface area contributed by atoms with Crippen LogP contribution in [0.15, 0.2) is 18.2 Å². The molecule has 0 amide bonds. The van der Waals surface area contributed by atoms with Gasteiger partial charge in [0.1, 0.15) is 5.75 Å². The second-order valence-electron chi connectivity index (χ2n) is 2.58. The van der Waals surface area contributed by atoms with Crippen LogP contribution < -0.4 is 4.74 Å². The fourth-order valence-electron chi connectivity index (χ4n) is 1.22. The van der Waals surface area contributed by atoms with E-state index in [0.29, 0.717) is 6.61 Å². The van der Waals surface area contributed by atoms with Gasteiger partial charge in [-0.1, -0.05) is 6.07 Å². The van der Waals surface area contributed by atoms with E-state index in [1.165, 1.54) is 0 Å². The molecule has 1 aromatic heterocycles. The zero-order valence-corrected chi connectivity index (χ0v) is 10.0. The van der Waals surface area contributed by atoms with Crippen molar-refractivity contribution < 1.29 is 21.8 Å². The van der Waals surface area contributed by atoms with E-state index >= 15 is 0 Å². The maximum Gasteiger partial charge on any atom is 0.159 e. The normalized spacial score (nSPS) is 9.79. The Balaban J connectivity index is 0.000000980. The van der Waals surface area contributed by atoms with Crippen LogP contribution in [0.2, 0.25) is 0 Å². The maximum atomic E-state index is 5.48. The first-order valence-electron chi connectivity index (χ1n) is 4.06. The molecule has 0 aliphatic heterocycles. The number of aromatic nitrogens is 1. The largest absolute Gasteiger partial charge is 0.492 e. The first kappa shape index (κ1) is 11.7. The van der Waals surface area contributed by atoms with Crippen LogP contribution in [0.1, 0.15) is 6.92 Å². The summed E-state index contributed by atoms with van der Waals surface area (Å²) in [6, 6.07) is 5.93. The Kier molecular flexibility index (Phi) is 4.13. The number of thiazole rings is 1. The van der Waals surface area contributed by atoms with Gasteiger partial charge in [0.2, 0.25) is 0 Å². The Morgan fingerprint density at radius 3 is 3.00 bits per heavy atom. The molecule has 2 nitrogen and oxygen atoms in total. The summed E-state index contributed by atoms with van der Waals surface area (Å²) < 4.78 is 7.38. The first-order chi connectivity index (χ1) is 6.31. The molecule has 79 valence electrons. The fourth-order valence-corrected chi connectivity index (χ4v) is 2.38. The minimum Gasteiger partial charge on any atom is -0.492 e. The molecule has 2 rings (SSSR count). The van der Waals surface area contributed by atoms with Gasteiger partial charge in [0.05, 0.1) is 16.8 Å². The van der Waals surface area contributed by atoms with Gasteiger partial charge in [-0.05, 0) is 31.3 Å². The SMILES string of the molecule is CCOc1cccc2[nH]c(=S)sc12.[Cu]. The molecule has 0 aliphatic carbocycles. The number of nitrogens with one attached hydrogen (secondary N) is 1. The van der Waals surface area contributed by atoms with E-state index in [2.05, 4.69) is 4.98 Å². The molecule has 0 atom stereocenters. The predicted octanol–water partition coefficient (Wildman–Crippen LogP) is 3.36. The molecule has 2 aromatic rings. The van der Waals surface area contributed by atoms with E-state index in [-0.39, 0.29) is 17.1 Å². The number of benzene rings is 1. The number of fused-ring (bicyclic) bond motifs is 1. The summed E-state index contributed by atoms with van der Waals surface area (Å²) in [4.78, 5) is 3.11.